The predicted octanol–water partition coefficient (Wildman–Crippen LogP) is 0.706. The highest BCUT2D eigenvalue weighted by molar-refractivity contribution is 14.1. The van der Waals surface area contributed by atoms with Gasteiger partial charge in [-0.2, -0.15) is 10.2 Å². The molecule has 0 atom stereocenters. The molecule has 2 heterocycles. The molecular weight excluding hydrogens is 395 g/mol. The lowest BCUT2D eigenvalue weighted by atomic mass is 8.97. The molecule has 2 rings (SSSR count). The first-order valence-corrected chi connectivity index (χ1v) is 8.38. The minimum atomic E-state index is -0.463. The number of hydrogen-bond acceptors (Lipinski definition) is 3. The van der Waals surface area contributed by atoms with Gasteiger partial charge in [-0.1, -0.05) is 0 Å². The largest absolute Gasteiger partial charge is 0.384 e. The molecule has 0 amide bonds. The van der Waals surface area contributed by atoms with E-state index in [1.807, 2.05) is 24.7 Å². The molecule has 2 aromatic rings. The third-order valence-corrected chi connectivity index (χ3v) is 4.24. The Bertz CT molecular complexity index is 526. The van der Waals surface area contributed by atoms with Gasteiger partial charge in [-0.3, -0.25) is 9.36 Å². The molecule has 0 fully saturated rings. The predicted molar refractivity (Wildman–Crippen MR) is 111 cm³/mol. The lowest BCUT2D eigenvalue weighted by Gasteiger charge is -1.96. The number of halogens is 1. The van der Waals surface area contributed by atoms with Gasteiger partial charge in [0.2, 0.25) is 0 Å². The smallest absolute Gasteiger partial charge is 0.124 e. The summed E-state index contributed by atoms with van der Waals surface area (Å²) in [6.45, 7) is 9.94. The third-order valence-electron chi connectivity index (χ3n) is 2.84. The molecule has 2 N–H and O–H groups in total. The van der Waals surface area contributed by atoms with Crippen molar-refractivity contribution in [2.24, 2.45) is 0 Å². The number of hydrogen-bond donors (Lipinski definition) is 1. The Balaban J connectivity index is 0.000000332. The Labute approximate surface area is 158 Å². The molecule has 115 valence electrons. The molecule has 0 unspecified atom stereocenters. The summed E-state index contributed by atoms with van der Waals surface area (Å²) in [5.74, 6) is 0.775. The van der Waals surface area contributed by atoms with Gasteiger partial charge in [0.05, 0.1) is 12.4 Å². The second-order valence-electron chi connectivity index (χ2n) is 4.73. The summed E-state index contributed by atoms with van der Waals surface area (Å²) < 4.78 is 5.00. The molecule has 0 saturated carbocycles. The third kappa shape index (κ3) is 8.08. The SMILES string of the molecule is CCn1ncc(C)c1I.CCn1ncc(C)c1N.[B][B]B([B])[B]. The van der Waals surface area contributed by atoms with Crippen LogP contribution < -0.4 is 5.73 Å². The van der Waals surface area contributed by atoms with Crippen LogP contribution in [0.1, 0.15) is 25.0 Å². The fraction of sp³-hybridized carbons (Fsp3) is 0.500. The van der Waals surface area contributed by atoms with Crippen molar-refractivity contribution in [3.8, 4) is 0 Å². The van der Waals surface area contributed by atoms with E-state index in [-0.39, 0.29) is 0 Å². The van der Waals surface area contributed by atoms with Gasteiger partial charge in [-0.25, -0.2) is 0 Å². The van der Waals surface area contributed by atoms with Crippen molar-refractivity contribution in [1.29, 1.82) is 0 Å². The van der Waals surface area contributed by atoms with Crippen molar-refractivity contribution < 1.29 is 0 Å². The van der Waals surface area contributed by atoms with Gasteiger partial charge in [0.1, 0.15) is 9.52 Å². The Kier molecular flexibility index (Phi) is 11.4. The molecule has 0 aromatic carbocycles. The van der Waals surface area contributed by atoms with Gasteiger partial charge in [0.25, 0.3) is 0 Å². The van der Waals surface area contributed by atoms with Crippen LogP contribution in [-0.4, -0.2) is 56.2 Å². The number of nitrogens with two attached hydrogens (primary N) is 1. The lowest BCUT2D eigenvalue weighted by Crippen LogP contribution is -2.23. The zero-order valence-electron chi connectivity index (χ0n) is 14.2. The van der Waals surface area contributed by atoms with Crippen molar-refractivity contribution in [2.45, 2.75) is 40.8 Å². The van der Waals surface area contributed by atoms with Crippen molar-refractivity contribution in [1.82, 2.24) is 19.6 Å². The highest BCUT2D eigenvalue weighted by Gasteiger charge is 1.99. The fourth-order valence-corrected chi connectivity index (χ4v) is 2.03. The van der Waals surface area contributed by atoms with Crippen LogP contribution in [0.15, 0.2) is 12.4 Å². The lowest BCUT2D eigenvalue weighted by molar-refractivity contribution is 0.643. The summed E-state index contributed by atoms with van der Waals surface area (Å²) >= 11 is 2.30. The normalized spacial score (nSPS) is 9.26. The summed E-state index contributed by atoms with van der Waals surface area (Å²) in [4.78, 5) is 0. The summed E-state index contributed by atoms with van der Waals surface area (Å²) in [7, 11) is 15.8. The first kappa shape index (κ1) is 22.3. The van der Waals surface area contributed by atoms with Crippen LogP contribution in [0.4, 0.5) is 5.82 Å². The van der Waals surface area contributed by atoms with Gasteiger partial charge in [-0.15, -0.1) is 0 Å². The van der Waals surface area contributed by atoms with Crippen molar-refractivity contribution >= 4 is 65.1 Å². The number of nitrogen functional groups attached to an aromatic ring is 1. The molecular formula is C12H20B5IN5. The topological polar surface area (TPSA) is 61.7 Å². The Morgan fingerprint density at radius 2 is 1.57 bits per heavy atom. The molecule has 0 saturated heterocycles. The first-order valence-electron chi connectivity index (χ1n) is 7.30. The number of nitrogens with zero attached hydrogens (tertiary/aromatic N) is 4. The van der Waals surface area contributed by atoms with E-state index in [0.717, 1.165) is 24.5 Å². The van der Waals surface area contributed by atoms with Crippen LogP contribution in [-0.2, 0) is 13.1 Å². The Morgan fingerprint density at radius 3 is 1.74 bits per heavy atom. The van der Waals surface area contributed by atoms with E-state index in [1.54, 1.807) is 10.9 Å². The standard InChI is InChI=1S/C6H9IN2.C6H11N3.B5/c2*1-3-9-6(7)5(2)4-8-9;1-4-5(2)3/h4H,3H2,1-2H3;4H,3,7H2,1-2H3;. The highest BCUT2D eigenvalue weighted by Crippen LogP contribution is 2.09. The van der Waals surface area contributed by atoms with E-state index in [1.165, 1.54) is 16.3 Å². The van der Waals surface area contributed by atoms with Gasteiger partial charge in [0.15, 0.2) is 0 Å². The van der Waals surface area contributed by atoms with E-state index in [9.17, 15) is 0 Å². The monoisotopic (exact) mass is 416 g/mol. The molecule has 0 aliphatic heterocycles. The molecule has 5 nitrogen and oxygen atoms in total. The van der Waals surface area contributed by atoms with Crippen LogP contribution >= 0.6 is 22.6 Å². The summed E-state index contributed by atoms with van der Waals surface area (Å²) in [6, 6.07) is 0. The summed E-state index contributed by atoms with van der Waals surface area (Å²) in [5, 5.41) is 8.17. The molecule has 0 aliphatic rings. The molecule has 0 spiro atoms. The van der Waals surface area contributed by atoms with Crippen LogP contribution in [0.25, 0.3) is 0 Å². The number of aromatic nitrogens is 4. The minimum Gasteiger partial charge on any atom is -0.384 e. The fourth-order valence-electron chi connectivity index (χ4n) is 1.42. The zero-order chi connectivity index (χ0) is 18.0. The highest BCUT2D eigenvalue weighted by atomic mass is 127. The first-order chi connectivity index (χ1) is 10.8. The van der Waals surface area contributed by atoms with Crippen molar-refractivity contribution in [3.63, 3.8) is 0 Å². The molecule has 11 heteroatoms. The average Bonchev–Trinajstić information content (AvgIpc) is 3.04. The summed E-state index contributed by atoms with van der Waals surface area (Å²) in [5.41, 5.74) is 7.93. The van der Waals surface area contributed by atoms with E-state index >= 15 is 0 Å². The van der Waals surface area contributed by atoms with E-state index < -0.39 is 6.39 Å². The number of rotatable bonds is 3. The van der Waals surface area contributed by atoms with E-state index in [2.05, 4.69) is 46.6 Å². The van der Waals surface area contributed by atoms with Crippen molar-refractivity contribution in [2.75, 3.05) is 5.73 Å². The molecule has 0 aliphatic carbocycles. The molecule has 2 aromatic heterocycles. The molecule has 0 bridgehead atoms. The van der Waals surface area contributed by atoms with E-state index in [0.29, 0.717) is 0 Å². The van der Waals surface area contributed by atoms with Crippen LogP contribution in [0, 0.1) is 17.5 Å². The van der Waals surface area contributed by atoms with Crippen LogP contribution in [0.5, 0.6) is 0 Å². The average molecular weight is 415 g/mol. The van der Waals surface area contributed by atoms with Gasteiger partial charge < -0.3 is 5.73 Å². The van der Waals surface area contributed by atoms with E-state index in [4.69, 9.17) is 28.9 Å². The second kappa shape index (κ2) is 11.8. The van der Waals surface area contributed by atoms with Gasteiger partial charge in [0, 0.05) is 60.9 Å². The van der Waals surface area contributed by atoms with Crippen LogP contribution in [0.2, 0.25) is 0 Å². The van der Waals surface area contributed by atoms with Gasteiger partial charge in [-0.05, 0) is 50.3 Å². The molecule has 23 heavy (non-hydrogen) atoms. The number of aryl methyl sites for hydroxylation is 4. The maximum absolute atomic E-state index is 5.61. The molecule has 7 radical (unpaired) electrons. The van der Waals surface area contributed by atoms with Gasteiger partial charge >= 0.3 is 0 Å². The number of anilines is 1. The Hall–Kier alpha value is -0.725. The minimum absolute atomic E-state index is 0.463. The quantitative estimate of drug-likeness (QED) is 0.594. The van der Waals surface area contributed by atoms with Crippen molar-refractivity contribution in [3.05, 3.63) is 27.2 Å². The summed E-state index contributed by atoms with van der Waals surface area (Å²) in [6.07, 6.45) is 3.21. The Morgan fingerprint density at radius 1 is 1.13 bits per heavy atom. The van der Waals surface area contributed by atoms with Crippen LogP contribution in [0.3, 0.4) is 0 Å². The maximum atomic E-state index is 5.61. The maximum Gasteiger partial charge on any atom is 0.124 e. The zero-order valence-corrected chi connectivity index (χ0v) is 16.4. The second-order valence-corrected chi connectivity index (χ2v) is 5.75.